The van der Waals surface area contributed by atoms with Gasteiger partial charge in [0.2, 0.25) is 6.19 Å². The summed E-state index contributed by atoms with van der Waals surface area (Å²) in [7, 11) is 0. The zero-order valence-corrected chi connectivity index (χ0v) is 14.6. The maximum Gasteiger partial charge on any atom is 0.206 e. The van der Waals surface area contributed by atoms with E-state index < -0.39 is 0 Å². The van der Waals surface area contributed by atoms with Crippen LogP contribution in [-0.2, 0) is 0 Å². The van der Waals surface area contributed by atoms with Crippen molar-refractivity contribution in [3.8, 4) is 34.6 Å². The van der Waals surface area contributed by atoms with Crippen LogP contribution in [0.2, 0.25) is 0 Å². The van der Waals surface area contributed by atoms with Gasteiger partial charge >= 0.3 is 0 Å². The Morgan fingerprint density at radius 1 is 0.714 bits per heavy atom. The van der Waals surface area contributed by atoms with Crippen LogP contribution in [0.5, 0.6) is 0 Å². The van der Waals surface area contributed by atoms with E-state index in [1.807, 2.05) is 60.8 Å². The third-order valence-electron chi connectivity index (χ3n) is 4.83. The molecule has 1 aliphatic rings. The van der Waals surface area contributed by atoms with Crippen LogP contribution in [-0.4, -0.2) is 15.7 Å². The monoisotopic (exact) mass is 357 g/mol. The van der Waals surface area contributed by atoms with Gasteiger partial charge in [0, 0.05) is 11.1 Å². The molecule has 0 N–H and O–H groups in total. The van der Waals surface area contributed by atoms with Gasteiger partial charge in [-0.3, -0.25) is 0 Å². The molecule has 0 bridgehead atoms. The highest BCUT2D eigenvalue weighted by Crippen LogP contribution is 2.36. The van der Waals surface area contributed by atoms with Gasteiger partial charge in [-0.25, -0.2) is 9.97 Å². The maximum absolute atomic E-state index is 9.09. The van der Waals surface area contributed by atoms with E-state index in [1.54, 1.807) is 12.1 Å². The number of aromatic nitrogens is 2. The summed E-state index contributed by atoms with van der Waals surface area (Å²) in [6.45, 7) is 0. The van der Waals surface area contributed by atoms with Crippen LogP contribution in [0, 0.1) is 22.8 Å². The third-order valence-corrected chi connectivity index (χ3v) is 4.83. The average molecular weight is 357 g/mol. The fraction of sp³-hybridized carbons (Fsp3) is 0. The summed E-state index contributed by atoms with van der Waals surface area (Å²) < 4.78 is 0. The predicted octanol–water partition coefficient (Wildman–Crippen LogP) is 4.47. The Balaban J connectivity index is 1.71. The fourth-order valence-corrected chi connectivity index (χ4v) is 3.51. The summed E-state index contributed by atoms with van der Waals surface area (Å²) in [6, 6.07) is 23.2. The summed E-state index contributed by atoms with van der Waals surface area (Å²) in [5.41, 5.74) is 7.92. The first kappa shape index (κ1) is 15.9. The Hall–Kier alpha value is -4.35. The highest BCUT2D eigenvalue weighted by Gasteiger charge is 2.28. The number of nitrogens with zero attached hydrogens (tertiary/aromatic N) is 5. The molecule has 0 atom stereocenters. The molecule has 1 heterocycles. The largest absolute Gasteiger partial charge is 0.244 e. The van der Waals surface area contributed by atoms with Gasteiger partial charge in [0.15, 0.2) is 0 Å². The molecule has 0 spiro atoms. The smallest absolute Gasteiger partial charge is 0.206 e. The van der Waals surface area contributed by atoms with Crippen LogP contribution >= 0.6 is 0 Å². The van der Waals surface area contributed by atoms with Crippen molar-refractivity contribution in [3.05, 3.63) is 83.6 Å². The normalized spacial score (nSPS) is 13.0. The Morgan fingerprint density at radius 2 is 1.43 bits per heavy atom. The molecule has 0 amide bonds. The highest BCUT2D eigenvalue weighted by molar-refractivity contribution is 6.23. The van der Waals surface area contributed by atoms with E-state index in [4.69, 9.17) is 20.5 Å². The summed E-state index contributed by atoms with van der Waals surface area (Å²) >= 11 is 0. The lowest BCUT2D eigenvalue weighted by Crippen LogP contribution is -2.01. The molecule has 0 unspecified atom stereocenters. The van der Waals surface area contributed by atoms with Crippen LogP contribution < -0.4 is 0 Å². The Morgan fingerprint density at radius 3 is 2.18 bits per heavy atom. The Kier molecular flexibility index (Phi) is 3.47. The molecule has 5 nitrogen and oxygen atoms in total. The van der Waals surface area contributed by atoms with Crippen molar-refractivity contribution in [2.45, 2.75) is 0 Å². The molecule has 128 valence electrons. The lowest BCUT2D eigenvalue weighted by molar-refractivity contribution is 1.28. The molecule has 0 radical (unpaired) electrons. The number of benzene rings is 3. The number of fused-ring (bicyclic) bond motifs is 4. The van der Waals surface area contributed by atoms with Crippen LogP contribution in [0.25, 0.3) is 33.4 Å². The van der Waals surface area contributed by atoms with E-state index in [9.17, 15) is 0 Å². The van der Waals surface area contributed by atoms with Gasteiger partial charge < -0.3 is 0 Å². The molecule has 3 aromatic carbocycles. The van der Waals surface area contributed by atoms with E-state index in [0.717, 1.165) is 39.0 Å². The fourth-order valence-electron chi connectivity index (χ4n) is 3.51. The first-order valence-electron chi connectivity index (χ1n) is 8.68. The number of hydrogen-bond donors (Lipinski definition) is 0. The second-order valence-electron chi connectivity index (χ2n) is 6.42. The van der Waals surface area contributed by atoms with Crippen molar-refractivity contribution in [3.63, 3.8) is 0 Å². The number of rotatable bonds is 1. The molecule has 0 aliphatic heterocycles. The van der Waals surface area contributed by atoms with E-state index >= 15 is 0 Å². The van der Waals surface area contributed by atoms with Crippen LogP contribution in [0.15, 0.2) is 71.7 Å². The van der Waals surface area contributed by atoms with Crippen molar-refractivity contribution >= 4 is 16.7 Å². The lowest BCUT2D eigenvalue weighted by atomic mass is 10.0. The number of hydrogen-bond acceptors (Lipinski definition) is 5. The average Bonchev–Trinajstić information content (AvgIpc) is 3.05. The van der Waals surface area contributed by atoms with Gasteiger partial charge in [0.05, 0.1) is 28.4 Å². The molecule has 28 heavy (non-hydrogen) atoms. The van der Waals surface area contributed by atoms with Crippen LogP contribution in [0.3, 0.4) is 0 Å². The summed E-state index contributed by atoms with van der Waals surface area (Å²) in [5.74, 6) is 0. The van der Waals surface area contributed by atoms with Crippen LogP contribution in [0.1, 0.15) is 16.8 Å². The van der Waals surface area contributed by atoms with Crippen molar-refractivity contribution in [2.75, 3.05) is 0 Å². The SMILES string of the molecule is N#C/N=C1\c2ccccc2-c2nc3cc(-c4ccc(C#N)cc4)ccc3nc21. The topological polar surface area (TPSA) is 85.7 Å². The lowest BCUT2D eigenvalue weighted by Gasteiger charge is -2.06. The minimum Gasteiger partial charge on any atom is -0.244 e. The highest BCUT2D eigenvalue weighted by atomic mass is 14.9. The quantitative estimate of drug-likeness (QED) is 0.414. The van der Waals surface area contributed by atoms with Gasteiger partial charge in [-0.05, 0) is 35.4 Å². The van der Waals surface area contributed by atoms with Crippen molar-refractivity contribution in [1.82, 2.24) is 9.97 Å². The maximum atomic E-state index is 9.09. The van der Waals surface area contributed by atoms with E-state index in [0.29, 0.717) is 17.0 Å². The first-order chi connectivity index (χ1) is 13.8. The molecular weight excluding hydrogens is 346 g/mol. The molecule has 4 aromatic rings. The standard InChI is InChI=1S/C23H11N5/c24-12-14-5-7-15(8-6-14)16-9-10-19-20(11-16)28-22-18-4-2-1-3-17(18)21(26-13-25)23(22)27-19/h1-11H/b26-21+. The number of aliphatic imine (C=N–C) groups is 1. The molecular formula is C23H11N5. The van der Waals surface area contributed by atoms with Gasteiger partial charge in [0.25, 0.3) is 0 Å². The first-order valence-corrected chi connectivity index (χ1v) is 8.68. The van der Waals surface area contributed by atoms with Crippen LogP contribution in [0.4, 0.5) is 0 Å². The van der Waals surface area contributed by atoms with Gasteiger partial charge in [-0.2, -0.15) is 15.5 Å². The molecule has 1 aromatic heterocycles. The second kappa shape index (κ2) is 6.12. The second-order valence-corrected chi connectivity index (χ2v) is 6.42. The minimum atomic E-state index is 0.568. The Bertz CT molecular complexity index is 1370. The Labute approximate surface area is 160 Å². The minimum absolute atomic E-state index is 0.568. The third kappa shape index (κ3) is 2.35. The summed E-state index contributed by atoms with van der Waals surface area (Å²) in [4.78, 5) is 13.6. The van der Waals surface area contributed by atoms with Gasteiger partial charge in [0.1, 0.15) is 11.4 Å². The summed E-state index contributed by atoms with van der Waals surface area (Å²) in [5, 5.41) is 18.1. The van der Waals surface area contributed by atoms with Crippen molar-refractivity contribution in [2.24, 2.45) is 4.99 Å². The molecule has 0 saturated carbocycles. The van der Waals surface area contributed by atoms with Gasteiger partial charge in [-0.15, -0.1) is 0 Å². The number of nitriles is 2. The van der Waals surface area contributed by atoms with E-state index in [1.165, 1.54) is 0 Å². The van der Waals surface area contributed by atoms with Gasteiger partial charge in [-0.1, -0.05) is 42.5 Å². The zero-order chi connectivity index (χ0) is 19.1. The van der Waals surface area contributed by atoms with E-state index in [2.05, 4.69) is 11.1 Å². The van der Waals surface area contributed by atoms with Crippen molar-refractivity contribution in [1.29, 1.82) is 10.5 Å². The molecule has 0 fully saturated rings. The predicted molar refractivity (Wildman–Crippen MR) is 106 cm³/mol. The van der Waals surface area contributed by atoms with Crippen molar-refractivity contribution < 1.29 is 0 Å². The molecule has 0 saturated heterocycles. The van der Waals surface area contributed by atoms with E-state index in [-0.39, 0.29) is 0 Å². The summed E-state index contributed by atoms with van der Waals surface area (Å²) in [6.07, 6.45) is 1.88. The zero-order valence-electron chi connectivity index (χ0n) is 14.6. The molecule has 1 aliphatic carbocycles. The molecule has 5 heteroatoms. The molecule has 5 rings (SSSR count).